The molecule has 0 spiro atoms. The molecule has 1 aromatic heterocycles. The van der Waals surface area contributed by atoms with Gasteiger partial charge in [0, 0.05) is 11.8 Å². The third-order valence-corrected chi connectivity index (χ3v) is 2.69. The Labute approximate surface area is 92.2 Å². The van der Waals surface area contributed by atoms with Crippen molar-refractivity contribution in [2.45, 2.75) is 20.3 Å². The van der Waals surface area contributed by atoms with Crippen molar-refractivity contribution >= 4 is 23.1 Å². The lowest BCUT2D eigenvalue weighted by atomic mass is 10.1. The number of fused-ring (bicyclic) bond motifs is 1. The summed E-state index contributed by atoms with van der Waals surface area (Å²) in [5.74, 6) is 0.567. The summed E-state index contributed by atoms with van der Waals surface area (Å²) in [5.41, 5.74) is 1.31. The molecule has 0 aliphatic carbocycles. The number of H-pyrrole nitrogens is 1. The van der Waals surface area contributed by atoms with Crippen molar-refractivity contribution in [2.75, 3.05) is 0 Å². The highest BCUT2D eigenvalue weighted by Crippen LogP contribution is 2.17. The maximum Gasteiger partial charge on any atom is 0.137 e. The van der Waals surface area contributed by atoms with Crippen LogP contribution in [0.3, 0.4) is 0 Å². The predicted octanol–water partition coefficient (Wildman–Crippen LogP) is 3.30. The van der Waals surface area contributed by atoms with Crippen LogP contribution in [0.25, 0.3) is 10.9 Å². The number of rotatable bonds is 1. The highest BCUT2D eigenvalue weighted by Gasteiger charge is 2.04. The van der Waals surface area contributed by atoms with Crippen LogP contribution in [0.4, 0.5) is 4.39 Å². The number of aromatic nitrogens is 2. The van der Waals surface area contributed by atoms with Crippen LogP contribution in [0.5, 0.6) is 0 Å². The van der Waals surface area contributed by atoms with Crippen LogP contribution >= 0.6 is 12.2 Å². The van der Waals surface area contributed by atoms with E-state index in [2.05, 4.69) is 9.97 Å². The fourth-order valence-corrected chi connectivity index (χ4v) is 1.77. The summed E-state index contributed by atoms with van der Waals surface area (Å²) in [4.78, 5) is 7.29. The Morgan fingerprint density at radius 1 is 1.47 bits per heavy atom. The van der Waals surface area contributed by atoms with Crippen LogP contribution in [0.1, 0.15) is 18.3 Å². The summed E-state index contributed by atoms with van der Waals surface area (Å²) >= 11 is 5.16. The largest absolute Gasteiger partial charge is 0.343 e. The molecule has 1 aromatic carbocycles. The van der Waals surface area contributed by atoms with Gasteiger partial charge >= 0.3 is 0 Å². The first-order chi connectivity index (χ1) is 7.11. The van der Waals surface area contributed by atoms with E-state index >= 15 is 0 Å². The summed E-state index contributed by atoms with van der Waals surface area (Å²) in [6, 6.07) is 3.21. The van der Waals surface area contributed by atoms with Gasteiger partial charge in [-0.3, -0.25) is 0 Å². The van der Waals surface area contributed by atoms with E-state index in [-0.39, 0.29) is 5.82 Å². The molecule has 2 aromatic rings. The Bertz CT molecular complexity index is 575. The number of nitrogens with one attached hydrogen (secondary N) is 1. The van der Waals surface area contributed by atoms with E-state index in [0.29, 0.717) is 10.2 Å². The van der Waals surface area contributed by atoms with Gasteiger partial charge in [-0.05, 0) is 24.6 Å². The first-order valence-electron chi connectivity index (χ1n) is 4.81. The van der Waals surface area contributed by atoms with Crippen LogP contribution in [0.2, 0.25) is 0 Å². The van der Waals surface area contributed by atoms with E-state index in [1.165, 1.54) is 6.07 Å². The van der Waals surface area contributed by atoms with Gasteiger partial charge in [0.15, 0.2) is 0 Å². The average Bonchev–Trinajstić information content (AvgIpc) is 2.21. The maximum atomic E-state index is 13.3. The predicted molar refractivity (Wildman–Crippen MR) is 61.0 cm³/mol. The van der Waals surface area contributed by atoms with Crippen molar-refractivity contribution in [3.63, 3.8) is 0 Å². The molecule has 0 aliphatic heterocycles. The van der Waals surface area contributed by atoms with Crippen molar-refractivity contribution in [1.29, 1.82) is 0 Å². The average molecular weight is 222 g/mol. The molecular weight excluding hydrogens is 211 g/mol. The van der Waals surface area contributed by atoms with Crippen LogP contribution in [0.15, 0.2) is 12.1 Å². The van der Waals surface area contributed by atoms with Crippen molar-refractivity contribution in [3.05, 3.63) is 34.0 Å². The van der Waals surface area contributed by atoms with Crippen LogP contribution in [0, 0.1) is 17.4 Å². The third kappa shape index (κ3) is 1.77. The van der Waals surface area contributed by atoms with Crippen molar-refractivity contribution in [2.24, 2.45) is 0 Å². The molecular formula is C11H11FN2S. The normalized spacial score (nSPS) is 10.9. The van der Waals surface area contributed by atoms with E-state index < -0.39 is 0 Å². The van der Waals surface area contributed by atoms with Crippen molar-refractivity contribution in [1.82, 2.24) is 9.97 Å². The SMILES string of the molecule is CCc1nc(=S)c2cc(C)c(F)cc2[nH]1. The molecule has 0 radical (unpaired) electrons. The zero-order chi connectivity index (χ0) is 11.0. The Hall–Kier alpha value is -1.29. The number of benzene rings is 1. The van der Waals surface area contributed by atoms with Crippen LogP contribution in [-0.2, 0) is 6.42 Å². The van der Waals surface area contributed by atoms with Gasteiger partial charge in [0.1, 0.15) is 16.3 Å². The van der Waals surface area contributed by atoms with Crippen molar-refractivity contribution in [3.8, 4) is 0 Å². The minimum Gasteiger partial charge on any atom is -0.343 e. The van der Waals surface area contributed by atoms with E-state index in [1.54, 1.807) is 13.0 Å². The maximum absolute atomic E-state index is 13.3. The lowest BCUT2D eigenvalue weighted by Crippen LogP contribution is -1.95. The molecule has 0 amide bonds. The molecule has 15 heavy (non-hydrogen) atoms. The van der Waals surface area contributed by atoms with Crippen molar-refractivity contribution < 1.29 is 4.39 Å². The van der Waals surface area contributed by atoms with Crippen LogP contribution in [-0.4, -0.2) is 9.97 Å². The number of halogens is 1. The van der Waals surface area contributed by atoms with Gasteiger partial charge in [0.25, 0.3) is 0 Å². The smallest absolute Gasteiger partial charge is 0.137 e. The quantitative estimate of drug-likeness (QED) is 0.750. The second-order valence-corrected chi connectivity index (χ2v) is 3.88. The molecule has 0 atom stereocenters. The summed E-state index contributed by atoms with van der Waals surface area (Å²) in [6.45, 7) is 3.70. The van der Waals surface area contributed by atoms with Gasteiger partial charge in [0.2, 0.25) is 0 Å². The summed E-state index contributed by atoms with van der Waals surface area (Å²) in [7, 11) is 0. The monoisotopic (exact) mass is 222 g/mol. The number of nitrogens with zero attached hydrogens (tertiary/aromatic N) is 1. The third-order valence-electron chi connectivity index (χ3n) is 2.38. The Morgan fingerprint density at radius 2 is 2.20 bits per heavy atom. The van der Waals surface area contributed by atoms with E-state index in [1.807, 2.05) is 6.92 Å². The molecule has 0 unspecified atom stereocenters. The molecule has 0 aliphatic rings. The molecule has 1 heterocycles. The van der Waals surface area contributed by atoms with Gasteiger partial charge in [-0.25, -0.2) is 9.37 Å². The molecule has 0 fully saturated rings. The summed E-state index contributed by atoms with van der Waals surface area (Å²) in [5, 5.41) is 0.807. The standard InChI is InChI=1S/C11H11FN2S/c1-3-10-13-9-5-8(12)6(2)4-7(9)11(15)14-10/h4-5H,3H2,1-2H3,(H,13,14,15). The fraction of sp³-hybridized carbons (Fsp3) is 0.273. The lowest BCUT2D eigenvalue weighted by Gasteiger charge is -2.04. The highest BCUT2D eigenvalue weighted by atomic mass is 32.1. The molecule has 2 rings (SSSR count). The molecule has 0 saturated carbocycles. The second kappa shape index (κ2) is 3.70. The second-order valence-electron chi connectivity index (χ2n) is 3.49. The summed E-state index contributed by atoms with van der Waals surface area (Å²) in [6.07, 6.45) is 0.759. The zero-order valence-electron chi connectivity index (χ0n) is 8.60. The van der Waals surface area contributed by atoms with E-state index in [4.69, 9.17) is 12.2 Å². The van der Waals surface area contributed by atoms with Gasteiger partial charge in [-0.2, -0.15) is 0 Å². The Kier molecular flexibility index (Phi) is 2.52. The van der Waals surface area contributed by atoms with Gasteiger partial charge in [-0.15, -0.1) is 0 Å². The number of aryl methyl sites for hydroxylation is 2. The number of hydrogen-bond acceptors (Lipinski definition) is 2. The van der Waals surface area contributed by atoms with Crippen LogP contribution < -0.4 is 0 Å². The molecule has 4 heteroatoms. The summed E-state index contributed by atoms with van der Waals surface area (Å²) < 4.78 is 13.9. The zero-order valence-corrected chi connectivity index (χ0v) is 9.41. The lowest BCUT2D eigenvalue weighted by molar-refractivity contribution is 0.620. The topological polar surface area (TPSA) is 28.7 Å². The van der Waals surface area contributed by atoms with E-state index in [9.17, 15) is 4.39 Å². The van der Waals surface area contributed by atoms with Gasteiger partial charge < -0.3 is 4.98 Å². The fourth-order valence-electron chi connectivity index (χ4n) is 1.50. The highest BCUT2D eigenvalue weighted by molar-refractivity contribution is 7.71. The minimum atomic E-state index is -0.221. The molecule has 78 valence electrons. The minimum absolute atomic E-state index is 0.221. The number of hydrogen-bond donors (Lipinski definition) is 1. The van der Waals surface area contributed by atoms with Gasteiger partial charge in [0.05, 0.1) is 5.52 Å². The number of aromatic amines is 1. The Morgan fingerprint density at radius 3 is 2.87 bits per heavy atom. The molecule has 1 N–H and O–H groups in total. The molecule has 2 nitrogen and oxygen atoms in total. The van der Waals surface area contributed by atoms with Gasteiger partial charge in [-0.1, -0.05) is 19.1 Å². The Balaban J connectivity index is 2.86. The molecule has 0 bridgehead atoms. The van der Waals surface area contributed by atoms with E-state index in [0.717, 1.165) is 23.1 Å². The first kappa shape index (κ1) is 10.2. The molecule has 0 saturated heterocycles. The first-order valence-corrected chi connectivity index (χ1v) is 5.21.